The molecule has 0 atom stereocenters. The summed E-state index contributed by atoms with van der Waals surface area (Å²) in [6, 6.07) is 0. The molecule has 0 aromatic carbocycles. The molecule has 0 aromatic heterocycles. The van der Waals surface area contributed by atoms with Crippen molar-refractivity contribution in [2.24, 2.45) is 0 Å². The quantitative estimate of drug-likeness (QED) is 0.363. The normalized spacial score (nSPS) is 8.93. The number of hydrogen-bond acceptors (Lipinski definition) is 0. The Morgan fingerprint density at radius 3 is 1.21 bits per heavy atom. The van der Waals surface area contributed by atoms with Gasteiger partial charge in [-0.15, -0.1) is 0 Å². The lowest BCUT2D eigenvalue weighted by atomic mass is 8.55. The van der Waals surface area contributed by atoms with Crippen molar-refractivity contribution in [1.82, 2.24) is 0 Å². The maximum absolute atomic E-state index is 14.2. The third kappa shape index (κ3) is 4.10. The Balaban J connectivity index is 4.51. The summed E-state index contributed by atoms with van der Waals surface area (Å²) in [4.78, 5) is 0. The van der Waals surface area contributed by atoms with Crippen LogP contribution in [0.25, 0.3) is 0 Å². The van der Waals surface area contributed by atoms with E-state index in [1.165, 1.54) is 0 Å². The van der Waals surface area contributed by atoms with E-state index < -0.39 is 6.77 Å². The maximum atomic E-state index is 14.2. The van der Waals surface area contributed by atoms with Crippen LogP contribution in [0.2, 0.25) is 0 Å². The molecule has 0 aromatic rings. The lowest BCUT2D eigenvalue weighted by molar-refractivity contribution is 0.882. The summed E-state index contributed by atoms with van der Waals surface area (Å²) < 4.78 is 14.2. The molecule has 0 aliphatic carbocycles. The highest BCUT2D eigenvalue weighted by Gasteiger charge is 2.40. The predicted octanol–water partition coefficient (Wildman–Crippen LogP) is -8.28. The molecule has 0 nitrogen and oxygen atoms in total. The number of hydrogen-bond donors (Lipinski definition) is 0. The van der Waals surface area contributed by atoms with Gasteiger partial charge >= 0.3 is 0 Å². The van der Waals surface area contributed by atoms with Crippen LogP contribution >= 0.6 is 0 Å². The topological polar surface area (TPSA) is 0 Å². The van der Waals surface area contributed by atoms with Crippen molar-refractivity contribution in [2.45, 2.75) is 0 Å². The number of rotatable bonds is 5. The highest BCUT2D eigenvalue weighted by molar-refractivity contribution is 8.03. The first-order chi connectivity index (χ1) is 6.29. The van der Waals surface area contributed by atoms with Gasteiger partial charge in [-0.05, 0) is 0 Å². The molecule has 0 N–H and O–H groups in total. The molecule has 0 aliphatic rings. The molecule has 0 bridgehead atoms. The summed E-state index contributed by atoms with van der Waals surface area (Å²) in [7, 11) is 14.8. The Labute approximate surface area is 97.4 Å². The fraction of sp³-hybridized carbons (Fsp3) is 0. The maximum Gasteiger partial charge on any atom is 0.240 e. The van der Waals surface area contributed by atoms with Crippen molar-refractivity contribution < 1.29 is 4.32 Å². The first kappa shape index (κ1) is 14.8. The van der Waals surface area contributed by atoms with Crippen molar-refractivity contribution in [1.29, 1.82) is 0 Å². The van der Waals surface area contributed by atoms with Gasteiger partial charge in [0.15, 0.2) is 0 Å². The molecule has 0 saturated heterocycles. The van der Waals surface area contributed by atoms with E-state index in [2.05, 4.69) is 46.4 Å². The lowest BCUT2D eigenvalue weighted by Gasteiger charge is -2.25. The second-order valence-electron chi connectivity index (χ2n) is 5.61. The van der Waals surface area contributed by atoms with Crippen molar-refractivity contribution in [3.05, 3.63) is 0 Å². The van der Waals surface area contributed by atoms with Crippen LogP contribution in [0.1, 0.15) is 0 Å². The van der Waals surface area contributed by atoms with Gasteiger partial charge in [-0.1, -0.05) is 0 Å². The van der Waals surface area contributed by atoms with E-state index in [0.29, 0.717) is 19.2 Å². The highest BCUT2D eigenvalue weighted by atomic mass is 19.1. The molecule has 0 aliphatic heterocycles. The van der Waals surface area contributed by atoms with Crippen LogP contribution < -0.4 is 0 Å². The van der Waals surface area contributed by atoms with Gasteiger partial charge in [0, 0.05) is 19.2 Å². The molecular weight excluding hydrogens is 160 g/mol. The van der Waals surface area contributed by atoms with Crippen molar-refractivity contribution in [2.75, 3.05) is 0 Å². The molecule has 0 saturated carbocycles. The van der Waals surface area contributed by atoms with Gasteiger partial charge in [0.05, 0.1) is 66.9 Å². The van der Waals surface area contributed by atoms with Crippen LogP contribution in [-0.4, -0.2) is 92.9 Å². The van der Waals surface area contributed by atoms with Crippen molar-refractivity contribution in [3.63, 3.8) is 0 Å². The zero-order valence-corrected chi connectivity index (χ0v) is 10.8. The van der Waals surface area contributed by atoms with E-state index in [9.17, 15) is 4.32 Å². The van der Waals surface area contributed by atoms with Gasteiger partial charge in [0.1, 0.15) is 0 Å². The third-order valence-electron chi connectivity index (χ3n) is 3.46. The fourth-order valence-corrected chi connectivity index (χ4v) is 2.22. The lowest BCUT2D eigenvalue weighted by Crippen LogP contribution is -2.68. The van der Waals surface area contributed by atoms with Gasteiger partial charge in [-0.2, -0.15) is 0 Å². The molecule has 0 amide bonds. The van der Waals surface area contributed by atoms with Crippen molar-refractivity contribution >= 4 is 92.9 Å². The Kier molecular flexibility index (Phi) is 6.73. The molecular formula is H14B13F. The summed E-state index contributed by atoms with van der Waals surface area (Å²) >= 11 is 0. The highest BCUT2D eigenvalue weighted by Crippen LogP contribution is 1.99. The van der Waals surface area contributed by atoms with E-state index in [1.54, 1.807) is 0 Å². The SMILES string of the molecule is BB(B)B(B)B(F)B(B(B)B)B(B)B. The molecule has 0 spiro atoms. The minimum Gasteiger partial charge on any atom is -0.361 e. The molecule has 0 fully saturated rings. The van der Waals surface area contributed by atoms with Gasteiger partial charge in [-0.3, -0.25) is 0 Å². The Hall–Kier alpha value is 0.774. The monoisotopic (exact) mass is 176 g/mol. The standard InChI is InChI=1S/B13FH14/c1-8(2)11(7)13(14)12(9(3)4)10(5)6/h1-7H2. The average Bonchev–Trinajstić information content (AvgIpc) is 2.01. The van der Waals surface area contributed by atoms with Crippen LogP contribution in [0, 0.1) is 0 Å². The Morgan fingerprint density at radius 1 is 0.643 bits per heavy atom. The largest absolute Gasteiger partial charge is 0.361 e. The average molecular weight is 174 g/mol. The Bertz CT molecular complexity index is 141. The molecule has 0 heterocycles. The molecule has 0 radical (unpaired) electrons. The smallest absolute Gasteiger partial charge is 0.240 e. The van der Waals surface area contributed by atoms with E-state index >= 15 is 0 Å². The number of halogens is 1. The van der Waals surface area contributed by atoms with E-state index in [1.807, 2.05) is 7.74 Å². The summed E-state index contributed by atoms with van der Waals surface area (Å²) in [6.07, 6.45) is 1.68. The van der Waals surface area contributed by atoms with E-state index in [0.717, 1.165) is 0 Å². The first-order valence-corrected chi connectivity index (χ1v) is 5.93. The van der Waals surface area contributed by atoms with Gasteiger partial charge in [0.2, 0.25) is 6.77 Å². The third-order valence-corrected chi connectivity index (χ3v) is 3.46. The molecule has 0 unspecified atom stereocenters. The van der Waals surface area contributed by atoms with Gasteiger partial charge in [-0.25, -0.2) is 0 Å². The second kappa shape index (κ2) is 6.38. The second-order valence-corrected chi connectivity index (χ2v) is 5.61. The van der Waals surface area contributed by atoms with Crippen LogP contribution in [-0.2, 0) is 0 Å². The van der Waals surface area contributed by atoms with E-state index in [-0.39, 0.29) is 12.8 Å². The molecule has 0 rings (SSSR count). The van der Waals surface area contributed by atoms with Gasteiger partial charge < -0.3 is 4.32 Å². The van der Waals surface area contributed by atoms with Crippen LogP contribution in [0.3, 0.4) is 0 Å². The fourth-order valence-electron chi connectivity index (χ4n) is 2.22. The Morgan fingerprint density at radius 2 is 1.00 bits per heavy atom. The zero-order chi connectivity index (χ0) is 11.5. The minimum atomic E-state index is -0.657. The van der Waals surface area contributed by atoms with Crippen LogP contribution in [0.15, 0.2) is 0 Å². The minimum absolute atomic E-state index is 0.171. The summed E-state index contributed by atoms with van der Waals surface area (Å²) in [6.45, 7) is -0.657. The summed E-state index contributed by atoms with van der Waals surface area (Å²) in [5, 5.41) is 0. The van der Waals surface area contributed by atoms with Crippen LogP contribution in [0.4, 0.5) is 4.32 Å². The van der Waals surface area contributed by atoms with Crippen LogP contribution in [0.5, 0.6) is 0 Å². The molecule has 14 heteroatoms. The predicted molar refractivity (Wildman–Crippen MR) is 95.4 cm³/mol. The van der Waals surface area contributed by atoms with E-state index in [4.69, 9.17) is 0 Å². The molecule has 14 heavy (non-hydrogen) atoms. The van der Waals surface area contributed by atoms with Gasteiger partial charge in [0.25, 0.3) is 0 Å². The zero-order valence-electron chi connectivity index (χ0n) is 10.8. The molecule has 60 valence electrons. The summed E-state index contributed by atoms with van der Waals surface area (Å²) in [5.74, 6) is 0. The first-order valence-electron chi connectivity index (χ1n) is 5.93. The van der Waals surface area contributed by atoms with Crippen molar-refractivity contribution in [3.8, 4) is 0 Å². The summed E-state index contributed by atoms with van der Waals surface area (Å²) in [5.41, 5.74) is 0.